The number of hydrogen-bond acceptors (Lipinski definition) is 7. The molecule has 0 aliphatic carbocycles. The third kappa shape index (κ3) is 4.48. The first kappa shape index (κ1) is 20.4. The van der Waals surface area contributed by atoms with E-state index in [-0.39, 0.29) is 11.8 Å². The van der Waals surface area contributed by atoms with Crippen LogP contribution in [0.5, 0.6) is 6.01 Å². The minimum atomic E-state index is -0.688. The normalized spacial score (nSPS) is 21.5. The molecular weight excluding hydrogens is 389 g/mol. The van der Waals surface area contributed by atoms with E-state index in [4.69, 9.17) is 19.9 Å². The quantitative estimate of drug-likeness (QED) is 0.639. The van der Waals surface area contributed by atoms with E-state index in [0.717, 1.165) is 12.0 Å². The van der Waals surface area contributed by atoms with Crippen LogP contribution in [0.2, 0.25) is 0 Å². The monoisotopic (exact) mass is 413 g/mol. The Bertz CT molecular complexity index is 996. The molecule has 1 aliphatic heterocycles. The molecular formula is C21H24FN5O3. The van der Waals surface area contributed by atoms with Crippen molar-refractivity contribution < 1.29 is 18.6 Å². The first-order chi connectivity index (χ1) is 14.4. The lowest BCUT2D eigenvalue weighted by Gasteiger charge is -2.33. The molecule has 1 fully saturated rings. The minimum absolute atomic E-state index is 0.277. The van der Waals surface area contributed by atoms with Crippen LogP contribution in [-0.2, 0) is 9.47 Å². The van der Waals surface area contributed by atoms with Crippen molar-refractivity contribution in [1.29, 1.82) is 0 Å². The molecule has 0 atom stereocenters. The number of imidazole rings is 1. The van der Waals surface area contributed by atoms with Gasteiger partial charge in [0.15, 0.2) is 5.82 Å². The van der Waals surface area contributed by atoms with Crippen LogP contribution >= 0.6 is 0 Å². The molecule has 30 heavy (non-hydrogen) atoms. The Labute approximate surface area is 173 Å². The van der Waals surface area contributed by atoms with E-state index >= 15 is 0 Å². The van der Waals surface area contributed by atoms with Crippen molar-refractivity contribution in [3.05, 3.63) is 48.2 Å². The molecule has 158 valence electrons. The molecule has 0 spiro atoms. The molecule has 0 saturated carbocycles. The Kier molecular flexibility index (Phi) is 5.76. The van der Waals surface area contributed by atoms with Crippen LogP contribution in [0.4, 0.5) is 4.39 Å². The Hall–Kier alpha value is -2.88. The fraction of sp³-hybridized carbons (Fsp3) is 0.381. The predicted molar refractivity (Wildman–Crippen MR) is 108 cm³/mol. The molecule has 3 aromatic rings. The molecule has 3 heterocycles. The van der Waals surface area contributed by atoms with E-state index in [1.807, 2.05) is 13.8 Å². The summed E-state index contributed by atoms with van der Waals surface area (Å²) in [5.74, 6) is 0.156. The number of benzene rings is 1. The van der Waals surface area contributed by atoms with Gasteiger partial charge in [0.1, 0.15) is 5.82 Å². The van der Waals surface area contributed by atoms with Gasteiger partial charge in [-0.1, -0.05) is 6.92 Å². The van der Waals surface area contributed by atoms with Crippen LogP contribution in [0.25, 0.3) is 22.6 Å². The summed E-state index contributed by atoms with van der Waals surface area (Å²) in [5.41, 5.74) is 8.05. The van der Waals surface area contributed by atoms with Crippen LogP contribution in [0, 0.1) is 5.82 Å². The van der Waals surface area contributed by atoms with Crippen molar-refractivity contribution in [1.82, 2.24) is 19.9 Å². The molecule has 1 aromatic carbocycles. The number of halogens is 1. The van der Waals surface area contributed by atoms with Crippen LogP contribution < -0.4 is 10.5 Å². The lowest BCUT2D eigenvalue weighted by molar-refractivity contribution is -0.211. The maximum absolute atomic E-state index is 13.4. The molecule has 0 amide bonds. The lowest BCUT2D eigenvalue weighted by atomic mass is 10.1. The molecule has 2 aromatic heterocycles. The van der Waals surface area contributed by atoms with Gasteiger partial charge in [0.05, 0.1) is 42.4 Å². The largest absolute Gasteiger partial charge is 0.463 e. The van der Waals surface area contributed by atoms with Gasteiger partial charge >= 0.3 is 6.01 Å². The van der Waals surface area contributed by atoms with Crippen molar-refractivity contribution in [2.45, 2.75) is 32.1 Å². The van der Waals surface area contributed by atoms with Crippen molar-refractivity contribution in [2.75, 3.05) is 19.8 Å². The van der Waals surface area contributed by atoms with Gasteiger partial charge in [0.2, 0.25) is 6.29 Å². The average molecular weight is 413 g/mol. The van der Waals surface area contributed by atoms with E-state index in [9.17, 15) is 4.39 Å². The molecule has 0 bridgehead atoms. The first-order valence-electron chi connectivity index (χ1n) is 9.79. The molecule has 3 N–H and O–H groups in total. The summed E-state index contributed by atoms with van der Waals surface area (Å²) in [6.45, 7) is 5.06. The zero-order valence-electron chi connectivity index (χ0n) is 16.9. The Morgan fingerprint density at radius 2 is 1.93 bits per heavy atom. The topological polar surface area (TPSA) is 108 Å². The molecule has 0 unspecified atom stereocenters. The maximum Gasteiger partial charge on any atom is 0.316 e. The Morgan fingerprint density at radius 1 is 1.20 bits per heavy atom. The highest BCUT2D eigenvalue weighted by Crippen LogP contribution is 2.33. The van der Waals surface area contributed by atoms with Gasteiger partial charge in [-0.15, -0.1) is 0 Å². The fourth-order valence-corrected chi connectivity index (χ4v) is 3.03. The van der Waals surface area contributed by atoms with Gasteiger partial charge in [-0.25, -0.2) is 14.4 Å². The van der Waals surface area contributed by atoms with Gasteiger partial charge in [-0.2, -0.15) is 4.98 Å². The summed E-state index contributed by atoms with van der Waals surface area (Å²) in [5, 5.41) is 0. The minimum Gasteiger partial charge on any atom is -0.463 e. The molecule has 1 saturated heterocycles. The summed E-state index contributed by atoms with van der Waals surface area (Å²) in [6, 6.07) is 8.12. The second kappa shape index (κ2) is 8.47. The SMILES string of the molecule is CCCOc1nccc(-c2[nH]c(C3OCC(C)(N)CO3)nc2-c2ccc(F)cc2)n1. The smallest absolute Gasteiger partial charge is 0.316 e. The number of hydrogen-bond donors (Lipinski definition) is 2. The number of aromatic nitrogens is 4. The van der Waals surface area contributed by atoms with E-state index in [2.05, 4.69) is 19.9 Å². The Morgan fingerprint density at radius 3 is 2.63 bits per heavy atom. The van der Waals surface area contributed by atoms with Crippen molar-refractivity contribution in [2.24, 2.45) is 5.73 Å². The number of ether oxygens (including phenoxy) is 3. The van der Waals surface area contributed by atoms with Gasteiger partial charge in [0, 0.05) is 11.8 Å². The summed E-state index contributed by atoms with van der Waals surface area (Å²) in [6.07, 6.45) is 1.78. The van der Waals surface area contributed by atoms with E-state index < -0.39 is 11.8 Å². The zero-order chi connectivity index (χ0) is 21.1. The van der Waals surface area contributed by atoms with E-state index in [1.54, 1.807) is 24.4 Å². The van der Waals surface area contributed by atoms with Crippen molar-refractivity contribution in [3.63, 3.8) is 0 Å². The van der Waals surface area contributed by atoms with E-state index in [0.29, 0.717) is 42.7 Å². The van der Waals surface area contributed by atoms with Gasteiger partial charge in [-0.05, 0) is 43.7 Å². The van der Waals surface area contributed by atoms with Gasteiger partial charge in [-0.3, -0.25) is 0 Å². The summed E-state index contributed by atoms with van der Waals surface area (Å²) in [7, 11) is 0. The van der Waals surface area contributed by atoms with Crippen LogP contribution in [-0.4, -0.2) is 45.3 Å². The highest BCUT2D eigenvalue weighted by atomic mass is 19.1. The highest BCUT2D eigenvalue weighted by molar-refractivity contribution is 5.76. The number of nitrogens with zero attached hydrogens (tertiary/aromatic N) is 3. The maximum atomic E-state index is 13.4. The summed E-state index contributed by atoms with van der Waals surface area (Å²) >= 11 is 0. The second-order valence-electron chi connectivity index (χ2n) is 7.53. The summed E-state index contributed by atoms with van der Waals surface area (Å²) in [4.78, 5) is 16.6. The van der Waals surface area contributed by atoms with E-state index in [1.165, 1.54) is 12.1 Å². The summed E-state index contributed by atoms with van der Waals surface area (Å²) < 4.78 is 30.5. The standard InChI is InChI=1S/C21H24FN5O3/c1-3-10-28-20-24-9-8-15(25-20)17-16(13-4-6-14(22)7-5-13)26-18(27-17)19-29-11-21(2,23)12-30-19/h4-9,19H,3,10-12,23H2,1-2H3,(H,26,27). The van der Waals surface area contributed by atoms with Crippen LogP contribution in [0.3, 0.4) is 0 Å². The molecule has 0 radical (unpaired) electrons. The molecule has 1 aliphatic rings. The lowest BCUT2D eigenvalue weighted by Crippen LogP contribution is -2.50. The molecule has 9 heteroatoms. The third-order valence-corrected chi connectivity index (χ3v) is 4.52. The van der Waals surface area contributed by atoms with Gasteiger partial charge < -0.3 is 24.9 Å². The number of nitrogens with two attached hydrogens (primary N) is 1. The number of rotatable bonds is 6. The predicted octanol–water partition coefficient (Wildman–Crippen LogP) is 3.22. The fourth-order valence-electron chi connectivity index (χ4n) is 3.03. The number of aromatic amines is 1. The third-order valence-electron chi connectivity index (χ3n) is 4.52. The zero-order valence-corrected chi connectivity index (χ0v) is 16.9. The first-order valence-corrected chi connectivity index (χ1v) is 9.79. The van der Waals surface area contributed by atoms with Gasteiger partial charge in [0.25, 0.3) is 0 Å². The second-order valence-corrected chi connectivity index (χ2v) is 7.53. The average Bonchev–Trinajstić information content (AvgIpc) is 3.18. The molecule has 8 nitrogen and oxygen atoms in total. The van der Waals surface area contributed by atoms with Crippen molar-refractivity contribution >= 4 is 0 Å². The van der Waals surface area contributed by atoms with Crippen LogP contribution in [0.1, 0.15) is 32.4 Å². The highest BCUT2D eigenvalue weighted by Gasteiger charge is 2.32. The van der Waals surface area contributed by atoms with Crippen LogP contribution in [0.15, 0.2) is 36.5 Å². The van der Waals surface area contributed by atoms with Crippen molar-refractivity contribution in [3.8, 4) is 28.7 Å². The Balaban J connectivity index is 1.73. The molecule has 4 rings (SSSR count). The number of H-pyrrole nitrogens is 1. The number of nitrogens with one attached hydrogen (secondary N) is 1.